The molecule has 1 saturated carbocycles. The van der Waals surface area contributed by atoms with E-state index in [1.54, 1.807) is 0 Å². The highest BCUT2D eigenvalue weighted by molar-refractivity contribution is 5.64. The van der Waals surface area contributed by atoms with Gasteiger partial charge in [0, 0.05) is 24.2 Å². The van der Waals surface area contributed by atoms with Crippen molar-refractivity contribution in [1.82, 2.24) is 24.6 Å². The molecule has 1 aliphatic carbocycles. The first-order valence-electron chi connectivity index (χ1n) is 8.77. The number of nitrogens with zero attached hydrogens (tertiary/aromatic N) is 3. The van der Waals surface area contributed by atoms with Crippen LogP contribution < -0.4 is 11.2 Å². The molecule has 1 aromatic carbocycles. The topological polar surface area (TPSA) is 95.9 Å². The van der Waals surface area contributed by atoms with Crippen LogP contribution in [0.4, 0.5) is 17.6 Å². The monoisotopic (exact) mass is 417 g/mol. The number of fused-ring (bicyclic) bond motifs is 1. The standard InChI is InChI=1S/C19H11F4N5O2/c20-11-2-1-8(5-12(11)21)14-15(19(14,22)23)9-6-13(27-28-4-3-24-16(9)28)10-7-25-18(30)26-17(10)29/h1-7,14-15H,(H2,25,26,29,30)/t14-,15-/m1/s1. The summed E-state index contributed by atoms with van der Waals surface area (Å²) in [4.78, 5) is 31.8. The van der Waals surface area contributed by atoms with Crippen LogP contribution in [0.1, 0.15) is 23.0 Å². The van der Waals surface area contributed by atoms with E-state index in [0.717, 1.165) is 24.4 Å². The summed E-state index contributed by atoms with van der Waals surface area (Å²) in [7, 11) is 0. The van der Waals surface area contributed by atoms with Gasteiger partial charge in [-0.05, 0) is 23.8 Å². The SMILES string of the molecule is O=c1[nH]cc(-c2cc([C@@H]3[C@@H](c4ccc(F)c(F)c4)C3(F)F)c3nccn3n2)c(=O)[nH]1. The van der Waals surface area contributed by atoms with Gasteiger partial charge >= 0.3 is 5.69 Å². The van der Waals surface area contributed by atoms with Gasteiger partial charge in [-0.15, -0.1) is 0 Å². The molecule has 0 radical (unpaired) electrons. The molecule has 30 heavy (non-hydrogen) atoms. The lowest BCUT2D eigenvalue weighted by molar-refractivity contribution is 0.105. The molecule has 2 N–H and O–H groups in total. The van der Waals surface area contributed by atoms with Gasteiger partial charge in [0.25, 0.3) is 11.5 Å². The molecule has 0 amide bonds. The summed E-state index contributed by atoms with van der Waals surface area (Å²) in [6.45, 7) is 0. The summed E-state index contributed by atoms with van der Waals surface area (Å²) in [5.41, 5.74) is -1.26. The molecule has 152 valence electrons. The van der Waals surface area contributed by atoms with Gasteiger partial charge in [0.05, 0.1) is 23.1 Å². The Balaban J connectivity index is 1.67. The molecular formula is C19H11F4N5O2. The molecule has 1 fully saturated rings. The fraction of sp³-hybridized carbons (Fsp3) is 0.158. The van der Waals surface area contributed by atoms with Crippen LogP contribution in [0.2, 0.25) is 0 Å². The molecule has 3 aromatic heterocycles. The number of hydrogen-bond acceptors (Lipinski definition) is 4. The van der Waals surface area contributed by atoms with E-state index in [1.807, 2.05) is 4.98 Å². The summed E-state index contributed by atoms with van der Waals surface area (Å²) in [5, 5.41) is 4.20. The van der Waals surface area contributed by atoms with Gasteiger partial charge in [-0.2, -0.15) is 5.10 Å². The van der Waals surface area contributed by atoms with Crippen LogP contribution >= 0.6 is 0 Å². The minimum atomic E-state index is -3.24. The normalized spacial score (nSPS) is 19.9. The van der Waals surface area contributed by atoms with Crippen molar-refractivity contribution in [1.29, 1.82) is 0 Å². The van der Waals surface area contributed by atoms with E-state index < -0.39 is 40.6 Å². The van der Waals surface area contributed by atoms with Crippen molar-refractivity contribution in [3.05, 3.63) is 86.5 Å². The van der Waals surface area contributed by atoms with Gasteiger partial charge < -0.3 is 4.98 Å². The lowest BCUT2D eigenvalue weighted by atomic mass is 10.0. The number of rotatable bonds is 3. The first-order valence-corrected chi connectivity index (χ1v) is 8.77. The number of aromatic nitrogens is 5. The molecule has 1 aliphatic rings. The van der Waals surface area contributed by atoms with Crippen molar-refractivity contribution in [2.45, 2.75) is 17.8 Å². The Morgan fingerprint density at radius 3 is 2.60 bits per heavy atom. The molecule has 3 heterocycles. The van der Waals surface area contributed by atoms with Crippen molar-refractivity contribution in [2.24, 2.45) is 0 Å². The number of nitrogens with one attached hydrogen (secondary N) is 2. The Morgan fingerprint density at radius 2 is 1.87 bits per heavy atom. The van der Waals surface area contributed by atoms with Gasteiger partial charge in [0.15, 0.2) is 17.3 Å². The third-order valence-electron chi connectivity index (χ3n) is 5.17. The average molecular weight is 417 g/mol. The first-order chi connectivity index (χ1) is 14.3. The van der Waals surface area contributed by atoms with Crippen LogP contribution in [0, 0.1) is 11.6 Å². The highest BCUT2D eigenvalue weighted by Crippen LogP contribution is 2.67. The van der Waals surface area contributed by atoms with Crippen LogP contribution in [0.3, 0.4) is 0 Å². The Kier molecular flexibility index (Phi) is 3.73. The van der Waals surface area contributed by atoms with E-state index in [-0.39, 0.29) is 28.0 Å². The van der Waals surface area contributed by atoms with E-state index in [9.17, 15) is 27.2 Å². The fourth-order valence-corrected chi connectivity index (χ4v) is 3.74. The second kappa shape index (κ2) is 6.12. The van der Waals surface area contributed by atoms with Crippen LogP contribution in [0.25, 0.3) is 16.9 Å². The van der Waals surface area contributed by atoms with Gasteiger partial charge in [-0.3, -0.25) is 9.78 Å². The van der Waals surface area contributed by atoms with Crippen molar-refractivity contribution >= 4 is 5.65 Å². The maximum absolute atomic E-state index is 14.8. The number of alkyl halides is 2. The third kappa shape index (κ3) is 2.65. The summed E-state index contributed by atoms with van der Waals surface area (Å²) >= 11 is 0. The van der Waals surface area contributed by atoms with Gasteiger partial charge in [-0.1, -0.05) is 6.07 Å². The van der Waals surface area contributed by atoms with E-state index >= 15 is 0 Å². The Hall–Kier alpha value is -3.76. The smallest absolute Gasteiger partial charge is 0.313 e. The predicted octanol–water partition coefficient (Wildman–Crippen LogP) is 2.57. The third-order valence-corrected chi connectivity index (χ3v) is 5.17. The van der Waals surface area contributed by atoms with E-state index in [2.05, 4.69) is 15.1 Å². The number of halogens is 4. The molecule has 0 spiro atoms. The van der Waals surface area contributed by atoms with E-state index in [0.29, 0.717) is 0 Å². The van der Waals surface area contributed by atoms with Crippen molar-refractivity contribution in [3.8, 4) is 11.3 Å². The number of H-pyrrole nitrogens is 2. The van der Waals surface area contributed by atoms with E-state index in [1.165, 1.54) is 23.0 Å². The Morgan fingerprint density at radius 1 is 1.07 bits per heavy atom. The number of benzene rings is 1. The van der Waals surface area contributed by atoms with Crippen LogP contribution in [-0.2, 0) is 0 Å². The molecule has 0 unspecified atom stereocenters. The van der Waals surface area contributed by atoms with Crippen LogP contribution in [0.5, 0.6) is 0 Å². The quantitative estimate of drug-likeness (QED) is 0.501. The minimum absolute atomic E-state index is 0.0280. The number of hydrogen-bond donors (Lipinski definition) is 2. The summed E-state index contributed by atoms with van der Waals surface area (Å²) in [6.07, 6.45) is 3.92. The maximum Gasteiger partial charge on any atom is 0.325 e. The molecule has 7 nitrogen and oxygen atoms in total. The van der Waals surface area contributed by atoms with Gasteiger partial charge in [0.2, 0.25) is 0 Å². The molecule has 4 aromatic rings. The number of imidazole rings is 1. The van der Waals surface area contributed by atoms with Crippen molar-refractivity contribution in [2.75, 3.05) is 0 Å². The molecule has 11 heteroatoms. The fourth-order valence-electron chi connectivity index (χ4n) is 3.74. The molecule has 2 atom stereocenters. The molecule has 0 bridgehead atoms. The predicted molar refractivity (Wildman–Crippen MR) is 96.5 cm³/mol. The zero-order valence-corrected chi connectivity index (χ0v) is 14.9. The zero-order valence-electron chi connectivity index (χ0n) is 14.9. The number of aromatic amines is 2. The van der Waals surface area contributed by atoms with E-state index in [4.69, 9.17) is 0 Å². The summed E-state index contributed by atoms with van der Waals surface area (Å²) in [6, 6.07) is 3.97. The second-order valence-electron chi connectivity index (χ2n) is 6.97. The molecule has 5 rings (SSSR count). The summed E-state index contributed by atoms with van der Waals surface area (Å²) in [5.74, 6) is -8.35. The van der Waals surface area contributed by atoms with Crippen molar-refractivity contribution in [3.63, 3.8) is 0 Å². The second-order valence-corrected chi connectivity index (χ2v) is 6.97. The van der Waals surface area contributed by atoms with Gasteiger partial charge in [-0.25, -0.2) is 31.9 Å². The van der Waals surface area contributed by atoms with Crippen LogP contribution in [0.15, 0.2) is 52.4 Å². The summed E-state index contributed by atoms with van der Waals surface area (Å²) < 4.78 is 57.6. The Labute approximate surface area is 164 Å². The van der Waals surface area contributed by atoms with Crippen LogP contribution in [-0.4, -0.2) is 30.5 Å². The molecule has 0 saturated heterocycles. The largest absolute Gasteiger partial charge is 0.325 e. The highest BCUT2D eigenvalue weighted by atomic mass is 19.3. The van der Waals surface area contributed by atoms with Crippen molar-refractivity contribution < 1.29 is 17.6 Å². The average Bonchev–Trinajstić information content (AvgIpc) is 3.01. The first kappa shape index (κ1) is 18.3. The molecular weight excluding hydrogens is 406 g/mol. The highest BCUT2D eigenvalue weighted by Gasteiger charge is 2.70. The lowest BCUT2D eigenvalue weighted by Crippen LogP contribution is -2.23. The zero-order chi connectivity index (χ0) is 21.2. The minimum Gasteiger partial charge on any atom is -0.313 e. The molecule has 0 aliphatic heterocycles. The maximum atomic E-state index is 14.8. The Bertz CT molecular complexity index is 1420. The van der Waals surface area contributed by atoms with Gasteiger partial charge in [0.1, 0.15) is 0 Å². The lowest BCUT2D eigenvalue weighted by Gasteiger charge is -2.07.